The van der Waals surface area contributed by atoms with Crippen LogP contribution in [-0.2, 0) is 11.0 Å². The lowest BCUT2D eigenvalue weighted by Crippen LogP contribution is -2.50. The number of benzene rings is 1. The number of hydrogen-bond acceptors (Lipinski definition) is 4. The number of alkyl halides is 3. The Morgan fingerprint density at radius 1 is 1.04 bits per heavy atom. The van der Waals surface area contributed by atoms with Gasteiger partial charge in [0.2, 0.25) is 11.8 Å². The topological polar surface area (TPSA) is 66.7 Å². The smallest absolute Gasteiger partial charge is 0.416 e. The lowest BCUT2D eigenvalue weighted by Gasteiger charge is -2.33. The van der Waals surface area contributed by atoms with Crippen LogP contribution in [0.1, 0.15) is 23.0 Å². The Hall–Kier alpha value is -2.84. The van der Waals surface area contributed by atoms with Gasteiger partial charge in [-0.05, 0) is 24.3 Å². The molecule has 0 unspecified atom stereocenters. The molecule has 2 heterocycles. The first-order chi connectivity index (χ1) is 12.3. The van der Waals surface area contributed by atoms with E-state index in [0.717, 1.165) is 12.1 Å². The molecule has 138 valence electrons. The third-order valence-electron chi connectivity index (χ3n) is 4.19. The Balaban J connectivity index is 1.70. The summed E-state index contributed by atoms with van der Waals surface area (Å²) < 4.78 is 43.0. The molecule has 2 amide bonds. The van der Waals surface area contributed by atoms with Gasteiger partial charge in [-0.25, -0.2) is 4.98 Å². The fourth-order valence-corrected chi connectivity index (χ4v) is 2.69. The number of halogens is 3. The zero-order valence-electron chi connectivity index (χ0n) is 13.9. The molecule has 1 fully saturated rings. The van der Waals surface area contributed by atoms with Gasteiger partial charge in [-0.2, -0.15) is 13.2 Å². The Kier molecular flexibility index (Phi) is 4.71. The van der Waals surface area contributed by atoms with Crippen LogP contribution in [-0.4, -0.2) is 52.8 Å². The molecule has 9 heteroatoms. The summed E-state index contributed by atoms with van der Waals surface area (Å²) in [7, 11) is 0. The van der Waals surface area contributed by atoms with E-state index in [1.165, 1.54) is 25.3 Å². The molecule has 6 nitrogen and oxygen atoms in total. The number of carbonyl (C=O) groups is 2. The van der Waals surface area contributed by atoms with Gasteiger partial charge in [-0.15, -0.1) is 0 Å². The van der Waals surface area contributed by atoms with E-state index in [4.69, 9.17) is 4.42 Å². The highest BCUT2D eigenvalue weighted by molar-refractivity contribution is 5.92. The average Bonchev–Trinajstić information content (AvgIpc) is 3.10. The highest BCUT2D eigenvalue weighted by Gasteiger charge is 2.30. The van der Waals surface area contributed by atoms with Crippen molar-refractivity contribution in [1.29, 1.82) is 0 Å². The molecule has 1 aliphatic rings. The van der Waals surface area contributed by atoms with E-state index in [-0.39, 0.29) is 23.4 Å². The van der Waals surface area contributed by atoms with Crippen molar-refractivity contribution < 1.29 is 27.2 Å². The molecule has 0 bridgehead atoms. The lowest BCUT2D eigenvalue weighted by molar-refractivity contribution is -0.137. The van der Waals surface area contributed by atoms with Crippen molar-refractivity contribution in [3.8, 4) is 11.5 Å². The summed E-state index contributed by atoms with van der Waals surface area (Å²) in [5.41, 5.74) is -0.345. The lowest BCUT2D eigenvalue weighted by atomic mass is 10.1. The Bertz CT molecular complexity index is 807. The minimum Gasteiger partial charge on any atom is -0.444 e. The van der Waals surface area contributed by atoms with E-state index in [0.29, 0.717) is 31.7 Å². The summed E-state index contributed by atoms with van der Waals surface area (Å²) >= 11 is 0. The van der Waals surface area contributed by atoms with Crippen molar-refractivity contribution in [2.24, 2.45) is 0 Å². The maximum absolute atomic E-state index is 12.6. The summed E-state index contributed by atoms with van der Waals surface area (Å²) in [5, 5.41) is 0. The molecular weight excluding hydrogens is 351 g/mol. The SMILES string of the molecule is CC(=O)N1CCN(C(=O)c2coc(-c3ccc(C(F)(F)F)cc3)n2)CC1. The number of nitrogens with zero attached hydrogens (tertiary/aromatic N) is 3. The first-order valence-electron chi connectivity index (χ1n) is 7.93. The first kappa shape index (κ1) is 18.0. The van der Waals surface area contributed by atoms with Crippen LogP contribution in [0.2, 0.25) is 0 Å². The van der Waals surface area contributed by atoms with Crippen LogP contribution in [0.4, 0.5) is 13.2 Å². The van der Waals surface area contributed by atoms with Crippen LogP contribution in [0.25, 0.3) is 11.5 Å². The molecule has 26 heavy (non-hydrogen) atoms. The number of rotatable bonds is 2. The van der Waals surface area contributed by atoms with Gasteiger partial charge in [0.05, 0.1) is 5.56 Å². The molecule has 0 radical (unpaired) electrons. The Morgan fingerprint density at radius 2 is 1.62 bits per heavy atom. The second kappa shape index (κ2) is 6.81. The number of piperazine rings is 1. The molecule has 3 rings (SSSR count). The quantitative estimate of drug-likeness (QED) is 0.819. The number of hydrogen-bond donors (Lipinski definition) is 0. The highest BCUT2D eigenvalue weighted by atomic mass is 19.4. The molecule has 1 aliphatic heterocycles. The fourth-order valence-electron chi connectivity index (χ4n) is 2.69. The highest BCUT2D eigenvalue weighted by Crippen LogP contribution is 2.30. The average molecular weight is 367 g/mol. The number of oxazole rings is 1. The maximum atomic E-state index is 12.6. The monoisotopic (exact) mass is 367 g/mol. The Labute approximate surface area is 147 Å². The van der Waals surface area contributed by atoms with Gasteiger partial charge in [0.1, 0.15) is 6.26 Å². The molecule has 0 saturated carbocycles. The molecule has 0 atom stereocenters. The van der Waals surface area contributed by atoms with E-state index >= 15 is 0 Å². The minimum absolute atomic E-state index is 0.0388. The van der Waals surface area contributed by atoms with Gasteiger partial charge < -0.3 is 14.2 Å². The molecule has 1 saturated heterocycles. The van der Waals surface area contributed by atoms with Gasteiger partial charge in [0, 0.05) is 38.7 Å². The molecule has 1 aromatic carbocycles. The summed E-state index contributed by atoms with van der Waals surface area (Å²) in [6, 6.07) is 4.35. The van der Waals surface area contributed by atoms with E-state index in [2.05, 4.69) is 4.98 Å². The van der Waals surface area contributed by atoms with Crippen molar-refractivity contribution in [3.63, 3.8) is 0 Å². The number of amides is 2. The molecule has 0 spiro atoms. The minimum atomic E-state index is -4.42. The maximum Gasteiger partial charge on any atom is 0.416 e. The van der Waals surface area contributed by atoms with E-state index in [1.807, 2.05) is 0 Å². The van der Waals surface area contributed by atoms with Crippen LogP contribution >= 0.6 is 0 Å². The van der Waals surface area contributed by atoms with Crippen LogP contribution in [0, 0.1) is 0 Å². The number of carbonyl (C=O) groups excluding carboxylic acids is 2. The van der Waals surface area contributed by atoms with Crippen LogP contribution in [0.5, 0.6) is 0 Å². The number of aromatic nitrogens is 1. The molecule has 1 aromatic heterocycles. The second-order valence-corrected chi connectivity index (χ2v) is 5.91. The van der Waals surface area contributed by atoms with Gasteiger partial charge in [0.15, 0.2) is 5.69 Å². The summed E-state index contributed by atoms with van der Waals surface area (Å²) in [6.45, 7) is 3.16. The molecule has 0 N–H and O–H groups in total. The van der Waals surface area contributed by atoms with Gasteiger partial charge in [-0.3, -0.25) is 9.59 Å². The normalized spacial score (nSPS) is 15.2. The van der Waals surface area contributed by atoms with E-state index in [1.54, 1.807) is 9.80 Å². The largest absolute Gasteiger partial charge is 0.444 e. The van der Waals surface area contributed by atoms with E-state index in [9.17, 15) is 22.8 Å². The fraction of sp³-hybridized carbons (Fsp3) is 0.353. The first-order valence-corrected chi connectivity index (χ1v) is 7.93. The molecule has 2 aromatic rings. The molecule has 0 aliphatic carbocycles. The van der Waals surface area contributed by atoms with Crippen molar-refractivity contribution in [2.75, 3.05) is 26.2 Å². The summed E-state index contributed by atoms with van der Waals surface area (Å²) in [4.78, 5) is 31.1. The predicted molar refractivity (Wildman–Crippen MR) is 85.1 cm³/mol. The van der Waals surface area contributed by atoms with Gasteiger partial charge in [0.25, 0.3) is 5.91 Å². The van der Waals surface area contributed by atoms with Crippen LogP contribution in [0.15, 0.2) is 34.9 Å². The predicted octanol–water partition coefficient (Wildman–Crippen LogP) is 2.66. The zero-order valence-corrected chi connectivity index (χ0v) is 13.9. The second-order valence-electron chi connectivity index (χ2n) is 5.91. The van der Waals surface area contributed by atoms with Crippen molar-refractivity contribution >= 4 is 11.8 Å². The van der Waals surface area contributed by atoms with Crippen molar-refractivity contribution in [2.45, 2.75) is 13.1 Å². The van der Waals surface area contributed by atoms with Crippen molar-refractivity contribution in [3.05, 3.63) is 41.8 Å². The zero-order chi connectivity index (χ0) is 18.9. The van der Waals surface area contributed by atoms with Gasteiger partial charge >= 0.3 is 6.18 Å². The van der Waals surface area contributed by atoms with Gasteiger partial charge in [-0.1, -0.05) is 0 Å². The third kappa shape index (κ3) is 3.71. The van der Waals surface area contributed by atoms with Crippen LogP contribution < -0.4 is 0 Å². The van der Waals surface area contributed by atoms with Crippen LogP contribution in [0.3, 0.4) is 0 Å². The van der Waals surface area contributed by atoms with Crippen molar-refractivity contribution in [1.82, 2.24) is 14.8 Å². The Morgan fingerprint density at radius 3 is 2.15 bits per heavy atom. The summed E-state index contributed by atoms with van der Waals surface area (Å²) in [5.74, 6) is -0.303. The molecular formula is C17H16F3N3O3. The van der Waals surface area contributed by atoms with E-state index < -0.39 is 11.7 Å². The standard InChI is InChI=1S/C17H16F3N3O3/c1-11(24)22-6-8-23(9-7-22)16(25)14-10-26-15(21-14)12-2-4-13(5-3-12)17(18,19)20/h2-5,10H,6-9H2,1H3. The third-order valence-corrected chi connectivity index (χ3v) is 4.19. The summed E-state index contributed by atoms with van der Waals surface area (Å²) in [6.07, 6.45) is -3.23.